The standard InChI is InChI=1S/C17H33F3O/c1-2-3-4-5-6-7-8-9-10-11-12-13-14-15-16-21-17(18,19)20/h2-16H2,1H3. The van der Waals surface area contributed by atoms with Crippen LogP contribution in [0.3, 0.4) is 0 Å². The van der Waals surface area contributed by atoms with Crippen LogP contribution >= 0.6 is 0 Å². The first-order valence-corrected chi connectivity index (χ1v) is 8.77. The lowest BCUT2D eigenvalue weighted by Crippen LogP contribution is -2.13. The van der Waals surface area contributed by atoms with E-state index >= 15 is 0 Å². The van der Waals surface area contributed by atoms with Crippen LogP contribution in [0.4, 0.5) is 13.2 Å². The molecule has 1 nitrogen and oxygen atoms in total. The van der Waals surface area contributed by atoms with Gasteiger partial charge in [-0.2, -0.15) is 0 Å². The molecule has 0 radical (unpaired) electrons. The molecule has 0 bridgehead atoms. The van der Waals surface area contributed by atoms with Crippen molar-refractivity contribution in [2.24, 2.45) is 0 Å². The molecule has 0 rings (SSSR count). The fourth-order valence-corrected chi connectivity index (χ4v) is 2.48. The van der Waals surface area contributed by atoms with Crippen LogP contribution in [0.2, 0.25) is 0 Å². The minimum atomic E-state index is -4.46. The van der Waals surface area contributed by atoms with Gasteiger partial charge in [-0.1, -0.05) is 90.4 Å². The van der Waals surface area contributed by atoms with Gasteiger partial charge in [0, 0.05) is 0 Å². The molecule has 0 aromatic rings. The van der Waals surface area contributed by atoms with Gasteiger partial charge in [0.05, 0.1) is 6.61 Å². The van der Waals surface area contributed by atoms with Gasteiger partial charge >= 0.3 is 6.36 Å². The molecule has 4 heteroatoms. The Morgan fingerprint density at radius 3 is 1.24 bits per heavy atom. The molecule has 0 aliphatic heterocycles. The summed E-state index contributed by atoms with van der Waals surface area (Å²) in [4.78, 5) is 0. The molecule has 0 heterocycles. The molecule has 0 saturated carbocycles. The van der Waals surface area contributed by atoms with Crippen LogP contribution in [-0.2, 0) is 4.74 Å². The van der Waals surface area contributed by atoms with E-state index in [0.717, 1.165) is 19.3 Å². The minimum Gasteiger partial charge on any atom is -0.292 e. The number of ether oxygens (including phenoxy) is 1. The molecule has 0 atom stereocenters. The van der Waals surface area contributed by atoms with Crippen LogP contribution in [0.15, 0.2) is 0 Å². The highest BCUT2D eigenvalue weighted by atomic mass is 19.4. The fourth-order valence-electron chi connectivity index (χ4n) is 2.48. The van der Waals surface area contributed by atoms with Gasteiger partial charge in [-0.25, -0.2) is 0 Å². The molecule has 0 aliphatic carbocycles. The van der Waals surface area contributed by atoms with Gasteiger partial charge in [-0.05, 0) is 6.42 Å². The third-order valence-electron chi connectivity index (χ3n) is 3.76. The van der Waals surface area contributed by atoms with Crippen LogP contribution in [0.25, 0.3) is 0 Å². The first-order chi connectivity index (χ1) is 10.1. The summed E-state index contributed by atoms with van der Waals surface area (Å²) in [5, 5.41) is 0. The normalized spacial score (nSPS) is 12.0. The summed E-state index contributed by atoms with van der Waals surface area (Å²) in [5.74, 6) is 0. The SMILES string of the molecule is CCCCCCCCCCCCCCCCOC(F)(F)F. The summed E-state index contributed by atoms with van der Waals surface area (Å²) < 4.78 is 38.8. The van der Waals surface area contributed by atoms with E-state index in [1.54, 1.807) is 0 Å². The molecule has 21 heavy (non-hydrogen) atoms. The van der Waals surface area contributed by atoms with Gasteiger partial charge in [0.2, 0.25) is 0 Å². The van der Waals surface area contributed by atoms with Crippen LogP contribution in [0, 0.1) is 0 Å². The summed E-state index contributed by atoms with van der Waals surface area (Å²) in [6.07, 6.45) is 12.4. The average Bonchev–Trinajstić information content (AvgIpc) is 2.42. The number of hydrogen-bond acceptors (Lipinski definition) is 1. The molecule has 0 unspecified atom stereocenters. The minimum absolute atomic E-state index is 0.193. The number of rotatable bonds is 15. The zero-order valence-electron chi connectivity index (χ0n) is 13.6. The van der Waals surface area contributed by atoms with Gasteiger partial charge in [0.1, 0.15) is 0 Å². The smallest absolute Gasteiger partial charge is 0.292 e. The van der Waals surface area contributed by atoms with E-state index in [4.69, 9.17) is 0 Å². The molecular weight excluding hydrogens is 277 g/mol. The van der Waals surface area contributed by atoms with Crippen LogP contribution in [0.5, 0.6) is 0 Å². The largest absolute Gasteiger partial charge is 0.522 e. The van der Waals surface area contributed by atoms with E-state index in [2.05, 4.69) is 11.7 Å². The molecule has 0 saturated heterocycles. The van der Waals surface area contributed by atoms with Crippen molar-refractivity contribution < 1.29 is 17.9 Å². The second kappa shape index (κ2) is 14.7. The Hall–Kier alpha value is -0.250. The number of unbranched alkanes of at least 4 members (excludes halogenated alkanes) is 13. The molecule has 0 aromatic carbocycles. The van der Waals surface area contributed by atoms with E-state index in [9.17, 15) is 13.2 Å². The molecule has 0 spiro atoms. The maximum absolute atomic E-state index is 11.7. The second-order valence-electron chi connectivity index (χ2n) is 5.89. The van der Waals surface area contributed by atoms with Crippen molar-refractivity contribution >= 4 is 0 Å². The Balaban J connectivity index is 3.00. The summed E-state index contributed by atoms with van der Waals surface area (Å²) >= 11 is 0. The Kier molecular flexibility index (Phi) is 14.5. The van der Waals surface area contributed by atoms with Gasteiger partial charge in [-0.3, -0.25) is 4.74 Å². The zero-order chi connectivity index (χ0) is 15.8. The van der Waals surface area contributed by atoms with E-state index in [0.29, 0.717) is 6.42 Å². The van der Waals surface area contributed by atoms with Crippen LogP contribution in [0.1, 0.15) is 96.8 Å². The lowest BCUT2D eigenvalue weighted by molar-refractivity contribution is -0.324. The lowest BCUT2D eigenvalue weighted by Gasteiger charge is -2.06. The van der Waals surface area contributed by atoms with E-state index in [-0.39, 0.29) is 6.61 Å². The van der Waals surface area contributed by atoms with Gasteiger partial charge in [0.25, 0.3) is 0 Å². The molecule has 0 fully saturated rings. The zero-order valence-corrected chi connectivity index (χ0v) is 13.6. The van der Waals surface area contributed by atoms with Gasteiger partial charge in [-0.15, -0.1) is 13.2 Å². The quantitative estimate of drug-likeness (QED) is 0.296. The van der Waals surface area contributed by atoms with E-state index in [1.807, 2.05) is 0 Å². The van der Waals surface area contributed by atoms with Gasteiger partial charge in [0.15, 0.2) is 0 Å². The maximum Gasteiger partial charge on any atom is 0.522 e. The van der Waals surface area contributed by atoms with Crippen molar-refractivity contribution in [3.05, 3.63) is 0 Å². The van der Waals surface area contributed by atoms with Crippen molar-refractivity contribution in [3.8, 4) is 0 Å². The Bertz CT molecular complexity index is 205. The molecule has 128 valence electrons. The van der Waals surface area contributed by atoms with Gasteiger partial charge < -0.3 is 0 Å². The predicted octanol–water partition coefficient (Wildman–Crippen LogP) is 7.00. The first-order valence-electron chi connectivity index (χ1n) is 8.77. The molecule has 0 amide bonds. The monoisotopic (exact) mass is 310 g/mol. The first kappa shape index (κ1) is 20.8. The summed E-state index contributed by atoms with van der Waals surface area (Å²) in [5.41, 5.74) is 0. The van der Waals surface area contributed by atoms with Crippen LogP contribution < -0.4 is 0 Å². The van der Waals surface area contributed by atoms with E-state index < -0.39 is 6.36 Å². The number of halogens is 3. The van der Waals surface area contributed by atoms with Crippen molar-refractivity contribution in [1.82, 2.24) is 0 Å². The van der Waals surface area contributed by atoms with Crippen molar-refractivity contribution in [2.75, 3.05) is 6.61 Å². The molecule has 0 aromatic heterocycles. The third-order valence-corrected chi connectivity index (χ3v) is 3.76. The second-order valence-corrected chi connectivity index (χ2v) is 5.89. The van der Waals surface area contributed by atoms with Crippen molar-refractivity contribution in [3.63, 3.8) is 0 Å². The Labute approximate surface area is 128 Å². The fraction of sp³-hybridized carbons (Fsp3) is 1.00. The lowest BCUT2D eigenvalue weighted by atomic mass is 10.0. The molecule has 0 N–H and O–H groups in total. The molecular formula is C17H33F3O. The van der Waals surface area contributed by atoms with Crippen LogP contribution in [-0.4, -0.2) is 13.0 Å². The predicted molar refractivity (Wildman–Crippen MR) is 82.3 cm³/mol. The average molecular weight is 310 g/mol. The third kappa shape index (κ3) is 19.8. The highest BCUT2D eigenvalue weighted by Crippen LogP contribution is 2.17. The molecule has 0 aliphatic rings. The van der Waals surface area contributed by atoms with E-state index in [1.165, 1.54) is 64.2 Å². The highest BCUT2D eigenvalue weighted by Gasteiger charge is 2.28. The Morgan fingerprint density at radius 1 is 0.571 bits per heavy atom. The highest BCUT2D eigenvalue weighted by molar-refractivity contribution is 4.49. The number of alkyl halides is 3. The number of hydrogen-bond donors (Lipinski definition) is 0. The summed E-state index contributed by atoms with van der Waals surface area (Å²) in [6.45, 7) is 2.05. The van der Waals surface area contributed by atoms with Crippen molar-refractivity contribution in [1.29, 1.82) is 0 Å². The summed E-state index contributed by atoms with van der Waals surface area (Å²) in [6, 6.07) is 0. The van der Waals surface area contributed by atoms with Crippen molar-refractivity contribution in [2.45, 2.75) is 103 Å². The Morgan fingerprint density at radius 2 is 0.905 bits per heavy atom. The summed E-state index contributed by atoms with van der Waals surface area (Å²) in [7, 11) is 0. The maximum atomic E-state index is 11.7. The topological polar surface area (TPSA) is 9.23 Å².